The van der Waals surface area contributed by atoms with Crippen LogP contribution < -0.4 is 10.9 Å². The van der Waals surface area contributed by atoms with Crippen molar-refractivity contribution in [3.8, 4) is 5.75 Å². The largest absolute Gasteiger partial charge is 0.505 e. The lowest BCUT2D eigenvalue weighted by molar-refractivity contribution is 0.0929. The Hall–Kier alpha value is -2.95. The number of amides is 1. The summed E-state index contributed by atoms with van der Waals surface area (Å²) in [6, 6.07) is 7.36. The second-order valence-electron chi connectivity index (χ2n) is 7.68. The number of benzene rings is 1. The van der Waals surface area contributed by atoms with Crippen LogP contribution in [-0.2, 0) is 6.42 Å². The minimum absolute atomic E-state index is 0.0884. The van der Waals surface area contributed by atoms with Gasteiger partial charge in [0, 0.05) is 23.7 Å². The summed E-state index contributed by atoms with van der Waals surface area (Å²) in [5.41, 5.74) is 0.796. The Labute approximate surface area is 178 Å². The number of nitrogens with zero attached hydrogens (tertiary/aromatic N) is 1. The van der Waals surface area contributed by atoms with Crippen molar-refractivity contribution in [2.75, 3.05) is 11.5 Å². The predicted molar refractivity (Wildman–Crippen MR) is 116 cm³/mol. The van der Waals surface area contributed by atoms with E-state index in [1.54, 1.807) is 18.2 Å². The summed E-state index contributed by atoms with van der Waals surface area (Å²) < 4.78 is 32.4. The lowest BCUT2D eigenvalue weighted by Crippen LogP contribution is -2.41. The Bertz CT molecular complexity index is 1190. The van der Waals surface area contributed by atoms with Gasteiger partial charge in [0.05, 0.1) is 5.52 Å². The number of nitrogens with one attached hydrogen (secondary N) is 2. The number of aromatic hydroxyl groups is 1. The van der Waals surface area contributed by atoms with E-state index in [1.165, 1.54) is 18.3 Å². The molecule has 0 atom stereocenters. The molecule has 2 aromatic heterocycles. The summed E-state index contributed by atoms with van der Waals surface area (Å²) >= 11 is 0. The van der Waals surface area contributed by atoms with Crippen molar-refractivity contribution < 1.29 is 23.4 Å². The van der Waals surface area contributed by atoms with E-state index in [2.05, 4.69) is 15.3 Å². The van der Waals surface area contributed by atoms with Gasteiger partial charge in [0.25, 0.3) is 11.5 Å². The summed E-state index contributed by atoms with van der Waals surface area (Å²) in [6.07, 6.45) is 2.74. The first-order chi connectivity index (χ1) is 14.7. The van der Waals surface area contributed by atoms with Crippen LogP contribution >= 0.6 is 10.6 Å². The molecule has 0 spiro atoms. The molecule has 1 saturated heterocycles. The summed E-state index contributed by atoms with van der Waals surface area (Å²) in [5.74, 6) is -1.19. The first-order valence-corrected chi connectivity index (χ1v) is 11.6. The highest BCUT2D eigenvalue weighted by Crippen LogP contribution is 2.43. The third-order valence-corrected chi connectivity index (χ3v) is 7.13. The topological polar surface area (TPSA) is 136 Å². The van der Waals surface area contributed by atoms with E-state index in [0.29, 0.717) is 19.3 Å². The zero-order valence-corrected chi connectivity index (χ0v) is 17.3. The molecule has 1 aliphatic heterocycles. The fraction of sp³-hybridized carbons (Fsp3) is 0.286. The molecule has 4 rings (SSSR count). The van der Waals surface area contributed by atoms with Gasteiger partial charge < -0.3 is 15.4 Å². The number of carbonyl (C=O) groups excluding carboxylic acids is 1. The fourth-order valence-corrected chi connectivity index (χ4v) is 5.19. The molecular weight excluding hydrogens is 425 g/mol. The molecule has 0 aliphatic carbocycles. The molecule has 3 heterocycles. The number of fused-ring (bicyclic) bond motifs is 1. The number of pyridine rings is 2. The van der Waals surface area contributed by atoms with E-state index in [4.69, 9.17) is 0 Å². The number of aromatic nitrogens is 2. The third kappa shape index (κ3) is 4.71. The number of hydrogen-bond donors (Lipinski definition) is 5. The molecule has 1 aliphatic rings. The minimum atomic E-state index is -2.59. The van der Waals surface area contributed by atoms with Gasteiger partial charge in [-0.3, -0.25) is 23.7 Å². The van der Waals surface area contributed by atoms with Gasteiger partial charge in [-0.1, -0.05) is 12.1 Å². The van der Waals surface area contributed by atoms with Crippen LogP contribution in [0.3, 0.4) is 0 Å². The van der Waals surface area contributed by atoms with E-state index >= 15 is 0 Å². The molecule has 31 heavy (non-hydrogen) atoms. The summed E-state index contributed by atoms with van der Waals surface area (Å²) in [4.78, 5) is 32.0. The van der Waals surface area contributed by atoms with Gasteiger partial charge in [-0.05, 0) is 48.6 Å². The molecular formula is C21H22FN3O5S. The molecule has 8 nitrogen and oxygen atoms in total. The SMILES string of the molecule is O=C(NC1CCS(O)(O)CC1)c1c(O)c2ncc(Cc3ccc(F)cc3)cc2[nH]c1=O. The monoisotopic (exact) mass is 447 g/mol. The number of hydrogen-bond acceptors (Lipinski definition) is 6. The van der Waals surface area contributed by atoms with E-state index in [0.717, 1.165) is 11.1 Å². The van der Waals surface area contributed by atoms with Crippen molar-refractivity contribution in [1.82, 2.24) is 15.3 Å². The zero-order chi connectivity index (χ0) is 22.2. The number of halogens is 1. The van der Waals surface area contributed by atoms with Crippen LogP contribution in [0.15, 0.2) is 41.3 Å². The second-order valence-corrected chi connectivity index (χ2v) is 10.1. The molecule has 0 saturated carbocycles. The Morgan fingerprint density at radius 1 is 1.19 bits per heavy atom. The second kappa shape index (κ2) is 8.29. The first-order valence-electron chi connectivity index (χ1n) is 9.74. The zero-order valence-electron chi connectivity index (χ0n) is 16.5. The van der Waals surface area contributed by atoms with Crippen LogP contribution in [0.1, 0.15) is 34.3 Å². The van der Waals surface area contributed by atoms with Gasteiger partial charge in [0.1, 0.15) is 16.9 Å². The standard InChI is InChI=1S/C21H22FN3O5S/c22-14-3-1-12(2-4-14)9-13-10-16-18(23-11-13)19(26)17(21(28)25-16)20(27)24-15-5-7-31(29,30)8-6-15/h1-4,10-11,15,29-30H,5-9H2,(H,24,27)(H2,25,26,28). The molecule has 5 N–H and O–H groups in total. The summed E-state index contributed by atoms with van der Waals surface area (Å²) in [6.45, 7) is 0. The molecule has 164 valence electrons. The quantitative estimate of drug-likeness (QED) is 0.417. The molecule has 1 aromatic carbocycles. The number of aromatic amines is 1. The lowest BCUT2D eigenvalue weighted by Gasteiger charge is -2.39. The Morgan fingerprint density at radius 2 is 1.87 bits per heavy atom. The molecule has 1 amide bonds. The van der Waals surface area contributed by atoms with Crippen molar-refractivity contribution in [3.63, 3.8) is 0 Å². The Kier molecular flexibility index (Phi) is 5.69. The third-order valence-electron chi connectivity index (χ3n) is 5.35. The fourth-order valence-electron chi connectivity index (χ4n) is 3.66. The molecule has 3 aromatic rings. The maximum absolute atomic E-state index is 13.1. The summed E-state index contributed by atoms with van der Waals surface area (Å²) in [7, 11) is -2.59. The van der Waals surface area contributed by atoms with Crippen LogP contribution in [0.2, 0.25) is 0 Å². The summed E-state index contributed by atoms with van der Waals surface area (Å²) in [5, 5.41) is 13.2. The Morgan fingerprint density at radius 3 is 2.55 bits per heavy atom. The molecule has 0 bridgehead atoms. The lowest BCUT2D eigenvalue weighted by atomic mass is 10.1. The molecule has 1 fully saturated rings. The first kappa shape index (κ1) is 21.3. The maximum atomic E-state index is 13.1. The highest BCUT2D eigenvalue weighted by atomic mass is 32.3. The van der Waals surface area contributed by atoms with Gasteiger partial charge in [0.15, 0.2) is 5.75 Å². The minimum Gasteiger partial charge on any atom is -0.505 e. The van der Waals surface area contributed by atoms with E-state index in [9.17, 15) is 28.2 Å². The van der Waals surface area contributed by atoms with Crippen LogP contribution in [0, 0.1) is 5.82 Å². The van der Waals surface area contributed by atoms with Crippen molar-refractivity contribution in [2.45, 2.75) is 25.3 Å². The van der Waals surface area contributed by atoms with Crippen LogP contribution in [0.4, 0.5) is 4.39 Å². The van der Waals surface area contributed by atoms with Crippen LogP contribution in [0.5, 0.6) is 5.75 Å². The van der Waals surface area contributed by atoms with Crippen molar-refractivity contribution in [2.24, 2.45) is 0 Å². The van der Waals surface area contributed by atoms with E-state index in [1.807, 2.05) is 0 Å². The number of H-pyrrole nitrogens is 1. The Balaban J connectivity index is 1.57. The van der Waals surface area contributed by atoms with Gasteiger partial charge >= 0.3 is 0 Å². The van der Waals surface area contributed by atoms with Crippen molar-refractivity contribution in [3.05, 3.63) is 69.4 Å². The highest BCUT2D eigenvalue weighted by molar-refractivity contribution is 8.24. The van der Waals surface area contributed by atoms with Gasteiger partial charge in [-0.2, -0.15) is 10.6 Å². The van der Waals surface area contributed by atoms with Gasteiger partial charge in [-0.15, -0.1) is 0 Å². The van der Waals surface area contributed by atoms with Gasteiger partial charge in [0.2, 0.25) is 0 Å². The highest BCUT2D eigenvalue weighted by Gasteiger charge is 2.27. The van der Waals surface area contributed by atoms with Crippen LogP contribution in [0.25, 0.3) is 11.0 Å². The van der Waals surface area contributed by atoms with Crippen molar-refractivity contribution in [1.29, 1.82) is 0 Å². The average molecular weight is 447 g/mol. The number of carbonyl (C=O) groups is 1. The smallest absolute Gasteiger partial charge is 0.265 e. The average Bonchev–Trinajstić information content (AvgIpc) is 2.71. The maximum Gasteiger partial charge on any atom is 0.265 e. The van der Waals surface area contributed by atoms with Crippen LogP contribution in [-0.4, -0.2) is 47.6 Å². The molecule has 0 unspecified atom stereocenters. The normalized spacial score (nSPS) is 17.4. The molecule has 10 heteroatoms. The van der Waals surface area contributed by atoms with Crippen molar-refractivity contribution >= 4 is 27.5 Å². The van der Waals surface area contributed by atoms with E-state index in [-0.39, 0.29) is 34.4 Å². The van der Waals surface area contributed by atoms with Gasteiger partial charge in [-0.25, -0.2) is 4.39 Å². The van der Waals surface area contributed by atoms with E-state index < -0.39 is 33.4 Å². The molecule has 0 radical (unpaired) electrons. The number of rotatable bonds is 4. The predicted octanol–water partition coefficient (Wildman–Crippen LogP) is 3.00.